The predicted octanol–water partition coefficient (Wildman–Crippen LogP) is 11.7. The lowest BCUT2D eigenvalue weighted by molar-refractivity contribution is 0.996. The second-order valence-electron chi connectivity index (χ2n) is 13.0. The molecule has 0 atom stereocenters. The van der Waals surface area contributed by atoms with Crippen molar-refractivity contribution in [2.45, 2.75) is 0 Å². The van der Waals surface area contributed by atoms with Crippen molar-refractivity contribution in [2.24, 2.45) is 0 Å². The first-order valence-corrected chi connectivity index (χ1v) is 17.0. The van der Waals surface area contributed by atoms with Crippen LogP contribution in [0.3, 0.4) is 0 Å². The Balaban J connectivity index is 1.25. The minimum Gasteiger partial charge on any atom is -0.308 e. The molecule has 7 aromatic carbocycles. The topological polar surface area (TPSA) is 35.1 Å². The van der Waals surface area contributed by atoms with Gasteiger partial charge in [0.25, 0.3) is 0 Å². The largest absolute Gasteiger partial charge is 0.308 e. The monoisotopic (exact) mass is 636 g/mol. The van der Waals surface area contributed by atoms with Crippen molar-refractivity contribution in [1.29, 1.82) is 0 Å². The fourth-order valence-corrected chi connectivity index (χ4v) is 8.09. The molecular weight excluding hydrogens is 609 g/mol. The molecule has 0 fully saturated rings. The Morgan fingerprint density at radius 1 is 0.340 bits per heavy atom. The van der Waals surface area contributed by atoms with E-state index in [-0.39, 0.29) is 0 Å². The zero-order valence-electron chi connectivity index (χ0n) is 27.0. The third-order valence-corrected chi connectivity index (χ3v) is 10.3. The summed E-state index contributed by atoms with van der Waals surface area (Å²) in [6.07, 6.45) is 0. The SMILES string of the molecule is c1ccc(-c2ccc(-c3cc(-c4ccccc4)nc(-n4c5cccc6c7ccccc7n7c8ccccc8c8ccc4c(c65)c87)n3)cc2)cc1. The molecule has 0 aliphatic rings. The summed E-state index contributed by atoms with van der Waals surface area (Å²) < 4.78 is 4.74. The van der Waals surface area contributed by atoms with Crippen molar-refractivity contribution in [3.63, 3.8) is 0 Å². The van der Waals surface area contributed by atoms with Gasteiger partial charge in [0, 0.05) is 38.1 Å². The minimum absolute atomic E-state index is 0.654. The maximum atomic E-state index is 5.36. The van der Waals surface area contributed by atoms with Crippen molar-refractivity contribution in [3.8, 4) is 39.6 Å². The van der Waals surface area contributed by atoms with Crippen molar-refractivity contribution in [2.75, 3.05) is 0 Å². The fraction of sp³-hybridized carbons (Fsp3) is 0. The average Bonchev–Trinajstić information content (AvgIpc) is 3.67. The molecule has 50 heavy (non-hydrogen) atoms. The van der Waals surface area contributed by atoms with Gasteiger partial charge in [-0.2, -0.15) is 0 Å². The maximum Gasteiger partial charge on any atom is 0.235 e. The third kappa shape index (κ3) is 3.81. The van der Waals surface area contributed by atoms with Crippen LogP contribution in [0.4, 0.5) is 0 Å². The van der Waals surface area contributed by atoms with Gasteiger partial charge in [0.2, 0.25) is 5.95 Å². The quantitative estimate of drug-likeness (QED) is 0.193. The predicted molar refractivity (Wildman–Crippen MR) is 207 cm³/mol. The number of hydrogen-bond acceptors (Lipinski definition) is 2. The highest BCUT2D eigenvalue weighted by atomic mass is 15.2. The third-order valence-electron chi connectivity index (χ3n) is 10.3. The molecule has 0 N–H and O–H groups in total. The molecule has 11 rings (SSSR count). The van der Waals surface area contributed by atoms with Gasteiger partial charge in [0.05, 0.1) is 39.0 Å². The number of para-hydroxylation sites is 2. The molecule has 4 nitrogen and oxygen atoms in total. The molecule has 0 unspecified atom stereocenters. The van der Waals surface area contributed by atoms with Crippen LogP contribution in [0, 0.1) is 0 Å². The van der Waals surface area contributed by atoms with E-state index in [4.69, 9.17) is 9.97 Å². The van der Waals surface area contributed by atoms with Gasteiger partial charge in [0.15, 0.2) is 0 Å². The van der Waals surface area contributed by atoms with Gasteiger partial charge in [-0.25, -0.2) is 9.97 Å². The van der Waals surface area contributed by atoms with Gasteiger partial charge in [-0.3, -0.25) is 4.57 Å². The second-order valence-corrected chi connectivity index (χ2v) is 13.0. The molecule has 0 aliphatic heterocycles. The van der Waals surface area contributed by atoms with Gasteiger partial charge >= 0.3 is 0 Å². The van der Waals surface area contributed by atoms with E-state index in [0.717, 1.165) is 33.5 Å². The normalized spacial score (nSPS) is 12.0. The molecule has 0 saturated carbocycles. The molecule has 0 aliphatic carbocycles. The van der Waals surface area contributed by atoms with Gasteiger partial charge in [-0.15, -0.1) is 0 Å². The number of fused-ring (bicyclic) bond motifs is 6. The summed E-state index contributed by atoms with van der Waals surface area (Å²) in [6.45, 7) is 0. The first-order valence-electron chi connectivity index (χ1n) is 17.0. The summed E-state index contributed by atoms with van der Waals surface area (Å²) in [7, 11) is 0. The molecule has 4 heterocycles. The number of hydrogen-bond donors (Lipinski definition) is 0. The fourth-order valence-electron chi connectivity index (χ4n) is 8.09. The van der Waals surface area contributed by atoms with Crippen molar-refractivity contribution in [1.82, 2.24) is 18.9 Å². The summed E-state index contributed by atoms with van der Waals surface area (Å²) in [5.41, 5.74) is 12.0. The highest BCUT2D eigenvalue weighted by Crippen LogP contribution is 2.45. The standard InChI is InChI=1S/C46H28N4/c1-3-12-29(13-4-1)30-22-24-32(25-23-30)38-28-37(31-14-5-2-6-15-31)47-46(48-38)50-41-21-11-18-35-33-16-7-9-19-39(33)49-40-20-10-8-17-34(40)36-26-27-42(50)44(43(35)41)45(36)49/h1-28H. The van der Waals surface area contributed by atoms with Crippen LogP contribution < -0.4 is 0 Å². The van der Waals surface area contributed by atoms with Crippen LogP contribution in [-0.2, 0) is 0 Å². The Hall–Kier alpha value is -6.78. The van der Waals surface area contributed by atoms with Crippen LogP contribution in [0.2, 0.25) is 0 Å². The molecule has 0 saturated heterocycles. The van der Waals surface area contributed by atoms with Gasteiger partial charge < -0.3 is 4.40 Å². The van der Waals surface area contributed by atoms with Crippen LogP contribution in [0.25, 0.3) is 99.5 Å². The second kappa shape index (κ2) is 10.4. The van der Waals surface area contributed by atoms with Crippen LogP contribution in [0.5, 0.6) is 0 Å². The van der Waals surface area contributed by atoms with E-state index < -0.39 is 0 Å². The van der Waals surface area contributed by atoms with Crippen molar-refractivity contribution < 1.29 is 0 Å². The number of nitrogens with zero attached hydrogens (tertiary/aromatic N) is 4. The molecule has 4 aromatic heterocycles. The Morgan fingerprint density at radius 2 is 0.840 bits per heavy atom. The number of rotatable bonds is 4. The first-order chi connectivity index (χ1) is 24.8. The number of benzene rings is 7. The molecule has 232 valence electrons. The lowest BCUT2D eigenvalue weighted by Crippen LogP contribution is -2.04. The van der Waals surface area contributed by atoms with Gasteiger partial charge in [0.1, 0.15) is 0 Å². The summed E-state index contributed by atoms with van der Waals surface area (Å²) in [5.74, 6) is 0.654. The van der Waals surface area contributed by atoms with Crippen LogP contribution in [0.15, 0.2) is 170 Å². The van der Waals surface area contributed by atoms with Crippen molar-refractivity contribution in [3.05, 3.63) is 170 Å². The van der Waals surface area contributed by atoms with E-state index in [0.29, 0.717) is 5.95 Å². The molecule has 0 bridgehead atoms. The van der Waals surface area contributed by atoms with Crippen LogP contribution in [0.1, 0.15) is 0 Å². The highest BCUT2D eigenvalue weighted by molar-refractivity contribution is 6.33. The summed E-state index contributed by atoms with van der Waals surface area (Å²) in [5, 5.41) is 7.39. The van der Waals surface area contributed by atoms with Crippen LogP contribution in [-0.4, -0.2) is 18.9 Å². The number of aromatic nitrogens is 4. The van der Waals surface area contributed by atoms with E-state index in [1.807, 2.05) is 6.07 Å². The Bertz CT molecular complexity index is 3060. The minimum atomic E-state index is 0.654. The zero-order valence-corrected chi connectivity index (χ0v) is 27.0. The first kappa shape index (κ1) is 27.2. The molecule has 0 amide bonds. The highest BCUT2D eigenvalue weighted by Gasteiger charge is 2.24. The summed E-state index contributed by atoms with van der Waals surface area (Å²) in [4.78, 5) is 10.7. The summed E-state index contributed by atoms with van der Waals surface area (Å²) in [6, 6.07) is 60.5. The van der Waals surface area contributed by atoms with E-state index in [2.05, 4.69) is 173 Å². The maximum absolute atomic E-state index is 5.36. The van der Waals surface area contributed by atoms with Crippen molar-refractivity contribution >= 4 is 59.9 Å². The zero-order chi connectivity index (χ0) is 32.8. The Labute approximate surface area is 287 Å². The molecule has 0 radical (unpaired) electrons. The Kier molecular flexibility index (Phi) is 5.63. The Morgan fingerprint density at radius 3 is 1.54 bits per heavy atom. The lowest BCUT2D eigenvalue weighted by Gasteiger charge is -2.12. The lowest BCUT2D eigenvalue weighted by atomic mass is 10.0. The van der Waals surface area contributed by atoms with Gasteiger partial charge in [-0.1, -0.05) is 140 Å². The average molecular weight is 637 g/mol. The van der Waals surface area contributed by atoms with Crippen LogP contribution >= 0.6 is 0 Å². The van der Waals surface area contributed by atoms with E-state index in [1.165, 1.54) is 60.0 Å². The molecule has 11 aromatic rings. The molecule has 4 heteroatoms. The molecular formula is C46H28N4. The van der Waals surface area contributed by atoms with E-state index in [1.54, 1.807) is 0 Å². The smallest absolute Gasteiger partial charge is 0.235 e. The molecule has 0 spiro atoms. The van der Waals surface area contributed by atoms with E-state index in [9.17, 15) is 0 Å². The summed E-state index contributed by atoms with van der Waals surface area (Å²) >= 11 is 0. The van der Waals surface area contributed by atoms with Gasteiger partial charge in [-0.05, 0) is 46.8 Å². The van der Waals surface area contributed by atoms with E-state index >= 15 is 0 Å².